The third kappa shape index (κ3) is 2.80. The first-order valence-corrected chi connectivity index (χ1v) is 4.41. The molecule has 0 saturated carbocycles. The van der Waals surface area contributed by atoms with Crippen LogP contribution in [0.15, 0.2) is 0 Å². The van der Waals surface area contributed by atoms with E-state index in [9.17, 15) is 0 Å². The summed E-state index contributed by atoms with van der Waals surface area (Å²) in [6, 6.07) is 0. The molecule has 66 valence electrons. The predicted octanol–water partition coefficient (Wildman–Crippen LogP) is 1.76. The minimum atomic E-state index is 0.0412. The highest BCUT2D eigenvalue weighted by molar-refractivity contribution is 4.81. The Morgan fingerprint density at radius 3 is 2.55 bits per heavy atom. The normalized spacial score (nSPS) is 29.7. The summed E-state index contributed by atoms with van der Waals surface area (Å²) < 4.78 is 5.75. The maximum atomic E-state index is 5.75. The third-order valence-corrected chi connectivity index (χ3v) is 1.90. The zero-order valence-corrected chi connectivity index (χ0v) is 7.98. The molecule has 1 atom stereocenters. The summed E-state index contributed by atoms with van der Waals surface area (Å²) in [5.74, 6) is 0.710. The first-order valence-electron chi connectivity index (χ1n) is 4.41. The lowest BCUT2D eigenvalue weighted by Crippen LogP contribution is -2.24. The molecule has 0 aromatic carbocycles. The summed E-state index contributed by atoms with van der Waals surface area (Å²) in [6.45, 7) is 9.66. The van der Waals surface area contributed by atoms with Gasteiger partial charge in [-0.15, -0.1) is 0 Å². The van der Waals surface area contributed by atoms with Gasteiger partial charge < -0.3 is 4.74 Å². The van der Waals surface area contributed by atoms with Crippen LogP contribution in [0.1, 0.15) is 34.1 Å². The second kappa shape index (κ2) is 3.11. The standard InChI is InChI=1S/C9H19NO/c1-7(2)5-8-10-6-9(3,4)11-8/h7-8,10H,5-6H2,1-4H3. The van der Waals surface area contributed by atoms with Crippen LogP contribution in [0.3, 0.4) is 0 Å². The van der Waals surface area contributed by atoms with Crippen molar-refractivity contribution in [1.29, 1.82) is 0 Å². The summed E-state index contributed by atoms with van der Waals surface area (Å²) in [5.41, 5.74) is 0.0412. The highest BCUT2D eigenvalue weighted by atomic mass is 16.5. The summed E-state index contributed by atoms with van der Waals surface area (Å²) in [6.07, 6.45) is 1.40. The molecule has 2 nitrogen and oxygen atoms in total. The first kappa shape index (κ1) is 9.01. The van der Waals surface area contributed by atoms with Gasteiger partial charge in [0.2, 0.25) is 0 Å². The minimum Gasteiger partial charge on any atom is -0.356 e. The van der Waals surface area contributed by atoms with Crippen molar-refractivity contribution in [3.8, 4) is 0 Å². The molecular formula is C9H19NO. The molecule has 1 aliphatic rings. The molecule has 1 heterocycles. The van der Waals surface area contributed by atoms with Gasteiger partial charge in [-0.05, 0) is 26.2 Å². The van der Waals surface area contributed by atoms with E-state index in [0.29, 0.717) is 5.92 Å². The molecule has 0 aromatic heterocycles. The highest BCUT2D eigenvalue weighted by Crippen LogP contribution is 2.20. The van der Waals surface area contributed by atoms with Gasteiger partial charge in [-0.3, -0.25) is 5.32 Å². The van der Waals surface area contributed by atoms with Crippen LogP contribution in [0.25, 0.3) is 0 Å². The van der Waals surface area contributed by atoms with Crippen LogP contribution >= 0.6 is 0 Å². The lowest BCUT2D eigenvalue weighted by atomic mass is 10.1. The van der Waals surface area contributed by atoms with Crippen molar-refractivity contribution in [1.82, 2.24) is 5.32 Å². The van der Waals surface area contributed by atoms with Crippen LogP contribution in [0.2, 0.25) is 0 Å². The molecule has 1 unspecified atom stereocenters. The molecule has 1 rings (SSSR count). The topological polar surface area (TPSA) is 21.3 Å². The second-order valence-corrected chi connectivity index (χ2v) is 4.38. The molecular weight excluding hydrogens is 138 g/mol. The minimum absolute atomic E-state index is 0.0412. The number of hydrogen-bond donors (Lipinski definition) is 1. The summed E-state index contributed by atoms with van der Waals surface area (Å²) in [7, 11) is 0. The Morgan fingerprint density at radius 2 is 2.18 bits per heavy atom. The fraction of sp³-hybridized carbons (Fsp3) is 1.00. The van der Waals surface area contributed by atoms with Gasteiger partial charge in [0.25, 0.3) is 0 Å². The van der Waals surface area contributed by atoms with Crippen LogP contribution in [-0.2, 0) is 4.74 Å². The van der Waals surface area contributed by atoms with E-state index in [4.69, 9.17) is 4.74 Å². The lowest BCUT2D eigenvalue weighted by molar-refractivity contribution is -0.0226. The van der Waals surface area contributed by atoms with Crippen LogP contribution in [0.5, 0.6) is 0 Å². The Labute approximate surface area is 69.3 Å². The van der Waals surface area contributed by atoms with Crippen molar-refractivity contribution in [2.75, 3.05) is 6.54 Å². The quantitative estimate of drug-likeness (QED) is 0.659. The van der Waals surface area contributed by atoms with Crippen molar-refractivity contribution in [3.05, 3.63) is 0 Å². The highest BCUT2D eigenvalue weighted by Gasteiger charge is 2.30. The third-order valence-electron chi connectivity index (χ3n) is 1.90. The van der Waals surface area contributed by atoms with E-state index in [-0.39, 0.29) is 11.8 Å². The van der Waals surface area contributed by atoms with Gasteiger partial charge >= 0.3 is 0 Å². The van der Waals surface area contributed by atoms with Gasteiger partial charge in [-0.1, -0.05) is 13.8 Å². The molecule has 11 heavy (non-hydrogen) atoms. The number of nitrogens with one attached hydrogen (secondary N) is 1. The van der Waals surface area contributed by atoms with Crippen molar-refractivity contribution in [3.63, 3.8) is 0 Å². The van der Waals surface area contributed by atoms with Crippen molar-refractivity contribution < 1.29 is 4.74 Å². The lowest BCUT2D eigenvalue weighted by Gasteiger charge is -2.18. The molecule has 0 bridgehead atoms. The van der Waals surface area contributed by atoms with E-state index in [1.165, 1.54) is 0 Å². The van der Waals surface area contributed by atoms with E-state index in [1.807, 2.05) is 0 Å². The van der Waals surface area contributed by atoms with E-state index in [0.717, 1.165) is 13.0 Å². The summed E-state index contributed by atoms with van der Waals surface area (Å²) in [5, 5.41) is 3.36. The van der Waals surface area contributed by atoms with Crippen molar-refractivity contribution in [2.45, 2.75) is 45.9 Å². The molecule has 1 fully saturated rings. The Bertz CT molecular complexity index is 132. The van der Waals surface area contributed by atoms with E-state index in [2.05, 4.69) is 33.0 Å². The Hall–Kier alpha value is -0.0800. The van der Waals surface area contributed by atoms with Crippen LogP contribution in [-0.4, -0.2) is 18.4 Å². The average Bonchev–Trinajstić information content (AvgIpc) is 2.08. The second-order valence-electron chi connectivity index (χ2n) is 4.38. The zero-order chi connectivity index (χ0) is 8.48. The molecule has 0 aromatic rings. The fourth-order valence-electron chi connectivity index (χ4n) is 1.39. The molecule has 2 heteroatoms. The molecule has 0 aliphatic carbocycles. The molecule has 1 N–H and O–H groups in total. The predicted molar refractivity (Wildman–Crippen MR) is 46.4 cm³/mol. The monoisotopic (exact) mass is 157 g/mol. The zero-order valence-electron chi connectivity index (χ0n) is 7.98. The van der Waals surface area contributed by atoms with E-state index >= 15 is 0 Å². The van der Waals surface area contributed by atoms with Gasteiger partial charge in [0.05, 0.1) is 5.60 Å². The SMILES string of the molecule is CC(C)CC1NCC(C)(C)O1. The van der Waals surface area contributed by atoms with E-state index < -0.39 is 0 Å². The molecule has 0 spiro atoms. The number of rotatable bonds is 2. The largest absolute Gasteiger partial charge is 0.356 e. The van der Waals surface area contributed by atoms with Crippen LogP contribution in [0.4, 0.5) is 0 Å². The molecule has 0 amide bonds. The summed E-state index contributed by atoms with van der Waals surface area (Å²) in [4.78, 5) is 0. The van der Waals surface area contributed by atoms with Gasteiger partial charge in [0.1, 0.15) is 6.23 Å². The van der Waals surface area contributed by atoms with Gasteiger partial charge in [0, 0.05) is 6.54 Å². The van der Waals surface area contributed by atoms with Gasteiger partial charge in [0.15, 0.2) is 0 Å². The van der Waals surface area contributed by atoms with Gasteiger partial charge in [-0.25, -0.2) is 0 Å². The van der Waals surface area contributed by atoms with Gasteiger partial charge in [-0.2, -0.15) is 0 Å². The Balaban J connectivity index is 2.31. The molecule has 1 aliphatic heterocycles. The maximum absolute atomic E-state index is 5.75. The summed E-state index contributed by atoms with van der Waals surface area (Å²) >= 11 is 0. The van der Waals surface area contributed by atoms with Crippen LogP contribution in [0, 0.1) is 5.92 Å². The molecule has 1 saturated heterocycles. The number of ether oxygens (including phenoxy) is 1. The maximum Gasteiger partial charge on any atom is 0.109 e. The first-order chi connectivity index (χ1) is 4.99. The molecule has 0 radical (unpaired) electrons. The van der Waals surface area contributed by atoms with E-state index in [1.54, 1.807) is 0 Å². The average molecular weight is 157 g/mol. The van der Waals surface area contributed by atoms with Crippen LogP contribution < -0.4 is 5.32 Å². The Morgan fingerprint density at radius 1 is 1.55 bits per heavy atom. The van der Waals surface area contributed by atoms with Crippen molar-refractivity contribution >= 4 is 0 Å². The Kier molecular flexibility index (Phi) is 2.55. The fourth-order valence-corrected chi connectivity index (χ4v) is 1.39. The van der Waals surface area contributed by atoms with Crippen molar-refractivity contribution in [2.24, 2.45) is 5.92 Å². The number of hydrogen-bond acceptors (Lipinski definition) is 2. The smallest absolute Gasteiger partial charge is 0.109 e.